The van der Waals surface area contributed by atoms with E-state index in [4.69, 9.17) is 9.47 Å². The second kappa shape index (κ2) is 18.5. The molecule has 48 heavy (non-hydrogen) atoms. The molecule has 0 unspecified atom stereocenters. The Hall–Kier alpha value is -1.65. The fraction of sp³-hybridized carbons (Fsp3) is 0.895. The maximum Gasteiger partial charge on any atom is 0.226 e. The zero-order valence-electron chi connectivity index (χ0n) is 33.4. The third kappa shape index (κ3) is 19.5. The molecule has 0 aromatic rings. The quantitative estimate of drug-likeness (QED) is 0.0661. The first kappa shape index (κ1) is 46.4. The lowest BCUT2D eigenvalue weighted by Gasteiger charge is -2.38. The van der Waals surface area contributed by atoms with Crippen LogP contribution in [0.5, 0.6) is 0 Å². The van der Waals surface area contributed by atoms with Crippen molar-refractivity contribution in [1.29, 1.82) is 0 Å². The number of carbonyl (C=O) groups is 4. The van der Waals surface area contributed by atoms with Crippen molar-refractivity contribution >= 4 is 36.1 Å². The van der Waals surface area contributed by atoms with E-state index < -0.39 is 32.3 Å². The van der Waals surface area contributed by atoms with E-state index in [2.05, 4.69) is 49.4 Å². The summed E-state index contributed by atoms with van der Waals surface area (Å²) in [5, 5.41) is 9.15. The van der Waals surface area contributed by atoms with Crippen LogP contribution in [0.4, 0.5) is 0 Å². The third-order valence-corrected chi connectivity index (χ3v) is 8.99. The van der Waals surface area contributed by atoms with Gasteiger partial charge < -0.3 is 25.4 Å². The van der Waals surface area contributed by atoms with Crippen LogP contribution in [0.25, 0.3) is 0 Å². The van der Waals surface area contributed by atoms with Gasteiger partial charge in [0.1, 0.15) is 5.78 Å². The van der Waals surface area contributed by atoms with Crippen LogP contribution in [0.15, 0.2) is 0 Å². The smallest absolute Gasteiger partial charge is 0.226 e. The molecule has 282 valence electrons. The van der Waals surface area contributed by atoms with Gasteiger partial charge in [-0.3, -0.25) is 19.2 Å². The average molecular weight is 700 g/mol. The van der Waals surface area contributed by atoms with E-state index in [1.165, 1.54) is 0 Å². The molecule has 1 atom stereocenters. The second-order valence-corrected chi connectivity index (χ2v) is 19.3. The largest absolute Gasteiger partial charge is 0.373 e. The maximum absolute atomic E-state index is 13.1. The van der Waals surface area contributed by atoms with Crippen LogP contribution < -0.4 is 16.0 Å². The van der Waals surface area contributed by atoms with Crippen LogP contribution >= 0.6 is 12.6 Å². The summed E-state index contributed by atoms with van der Waals surface area (Å²) in [6.07, 6.45) is 4.94. The van der Waals surface area contributed by atoms with E-state index in [1.54, 1.807) is 0 Å². The molecule has 0 rings (SSSR count). The number of ketones is 1. The normalized spacial score (nSPS) is 14.7. The number of amides is 3. The van der Waals surface area contributed by atoms with Gasteiger partial charge in [0.25, 0.3) is 0 Å². The molecule has 0 aliphatic rings. The van der Waals surface area contributed by atoms with E-state index in [9.17, 15) is 19.2 Å². The van der Waals surface area contributed by atoms with Crippen molar-refractivity contribution in [3.8, 4) is 0 Å². The molecule has 0 bridgehead atoms. The maximum atomic E-state index is 13.1. The summed E-state index contributed by atoms with van der Waals surface area (Å²) in [7, 11) is 0. The minimum absolute atomic E-state index is 0.00568. The van der Waals surface area contributed by atoms with Crippen LogP contribution in [-0.2, 0) is 28.7 Å². The number of carbonyl (C=O) groups excluding carboxylic acids is 4. The molecule has 0 heterocycles. The van der Waals surface area contributed by atoms with Gasteiger partial charge in [-0.15, -0.1) is 0 Å². The summed E-state index contributed by atoms with van der Waals surface area (Å²) in [5.41, 5.74) is -2.88. The van der Waals surface area contributed by atoms with E-state index in [0.717, 1.165) is 19.3 Å². The molecule has 3 amide bonds. The lowest BCUT2D eigenvalue weighted by atomic mass is 9.74. The topological polar surface area (TPSA) is 123 Å². The summed E-state index contributed by atoms with van der Waals surface area (Å²) in [5.74, 6) is 0.0257. The van der Waals surface area contributed by atoms with Crippen molar-refractivity contribution in [2.75, 3.05) is 26.3 Å². The summed E-state index contributed by atoms with van der Waals surface area (Å²) < 4.78 is 11.6. The first-order valence-electron chi connectivity index (χ1n) is 17.9. The first-order valence-corrected chi connectivity index (χ1v) is 18.3. The van der Waals surface area contributed by atoms with E-state index in [0.29, 0.717) is 58.4 Å². The lowest BCUT2D eigenvalue weighted by molar-refractivity contribution is -0.136. The number of ether oxygens (including phenoxy) is 2. The summed E-state index contributed by atoms with van der Waals surface area (Å²) in [4.78, 5) is 50.6. The minimum Gasteiger partial charge on any atom is -0.373 e. The van der Waals surface area contributed by atoms with Crippen molar-refractivity contribution in [2.45, 2.75) is 177 Å². The highest BCUT2D eigenvalue weighted by molar-refractivity contribution is 7.82. The Kier molecular flexibility index (Phi) is 17.9. The minimum atomic E-state index is -0.706. The molecule has 0 fully saturated rings. The molecule has 0 saturated carbocycles. The highest BCUT2D eigenvalue weighted by atomic mass is 32.1. The Morgan fingerprint density at radius 3 is 1.75 bits per heavy atom. The number of thiol groups is 1. The Labute approximate surface area is 299 Å². The average Bonchev–Trinajstić information content (AvgIpc) is 2.90. The molecule has 0 aliphatic carbocycles. The molecule has 0 radical (unpaired) electrons. The van der Waals surface area contributed by atoms with Crippen LogP contribution in [0.2, 0.25) is 0 Å². The molecule has 0 aliphatic heterocycles. The van der Waals surface area contributed by atoms with Crippen LogP contribution in [-0.4, -0.2) is 71.3 Å². The van der Waals surface area contributed by atoms with E-state index in [1.807, 2.05) is 83.1 Å². The van der Waals surface area contributed by atoms with Gasteiger partial charge in [-0.25, -0.2) is 0 Å². The van der Waals surface area contributed by atoms with Crippen molar-refractivity contribution in [3.63, 3.8) is 0 Å². The van der Waals surface area contributed by atoms with Gasteiger partial charge in [-0.1, -0.05) is 55.4 Å². The van der Waals surface area contributed by atoms with E-state index >= 15 is 0 Å². The molecule has 9 nitrogen and oxygen atoms in total. The fourth-order valence-electron chi connectivity index (χ4n) is 6.17. The second-order valence-electron chi connectivity index (χ2n) is 18.3. The van der Waals surface area contributed by atoms with Crippen molar-refractivity contribution in [2.24, 2.45) is 16.2 Å². The molecule has 3 N–H and O–H groups in total. The van der Waals surface area contributed by atoms with Gasteiger partial charge in [0.2, 0.25) is 17.7 Å². The van der Waals surface area contributed by atoms with Crippen LogP contribution in [0.1, 0.15) is 155 Å². The standard InChI is InChI=1S/C38H73N3O6S/c1-16-28(42)38(15,48)20-17-18-22-39-29(43)19-21-36(11,12)47-27-37(13,14)46-24-23-40-30(44)34(7,8)26-35(9,10)41-31(45)33(5,6)25-32(2,3)4/h48H,16-27H2,1-15H3,(H,39,43)(H,40,44)(H,41,45)/t38-/m0/s1. The number of unbranched alkanes of at least 4 members (excludes halogenated alkanes) is 1. The highest BCUT2D eigenvalue weighted by Gasteiger charge is 2.39. The van der Waals surface area contributed by atoms with Crippen LogP contribution in [0.3, 0.4) is 0 Å². The monoisotopic (exact) mass is 700 g/mol. The van der Waals surface area contributed by atoms with Gasteiger partial charge >= 0.3 is 0 Å². The fourth-order valence-corrected chi connectivity index (χ4v) is 6.49. The predicted octanol–water partition coefficient (Wildman–Crippen LogP) is 7.20. The Bertz CT molecular complexity index is 1060. The Balaban J connectivity index is 4.58. The zero-order chi connectivity index (χ0) is 37.8. The third-order valence-electron chi connectivity index (χ3n) is 8.52. The lowest BCUT2D eigenvalue weighted by Crippen LogP contribution is -2.53. The van der Waals surface area contributed by atoms with Gasteiger partial charge in [0.15, 0.2) is 0 Å². The molecular weight excluding hydrogens is 627 g/mol. The molecule has 0 spiro atoms. The molecule has 0 saturated heterocycles. The summed E-state index contributed by atoms with van der Waals surface area (Å²) >= 11 is 4.50. The molecule has 10 heteroatoms. The Morgan fingerprint density at radius 2 is 1.21 bits per heavy atom. The van der Waals surface area contributed by atoms with Gasteiger partial charge in [-0.05, 0) is 92.4 Å². The number of Topliss-reactive ketones (excluding diaryl/α,β-unsaturated/α-hetero) is 1. The number of hydrogen-bond donors (Lipinski definition) is 4. The van der Waals surface area contributed by atoms with Crippen molar-refractivity contribution in [3.05, 3.63) is 0 Å². The molecule has 0 aromatic heterocycles. The number of rotatable bonds is 23. The van der Waals surface area contributed by atoms with Crippen molar-refractivity contribution in [1.82, 2.24) is 16.0 Å². The Morgan fingerprint density at radius 1 is 0.646 bits per heavy atom. The molecular formula is C38H73N3O6S. The zero-order valence-corrected chi connectivity index (χ0v) is 34.3. The predicted molar refractivity (Wildman–Crippen MR) is 200 cm³/mol. The van der Waals surface area contributed by atoms with Gasteiger partial charge in [-0.2, -0.15) is 12.6 Å². The van der Waals surface area contributed by atoms with E-state index in [-0.39, 0.29) is 28.9 Å². The number of hydrogen-bond acceptors (Lipinski definition) is 7. The van der Waals surface area contributed by atoms with Crippen LogP contribution in [0, 0.1) is 16.2 Å². The van der Waals surface area contributed by atoms with Gasteiger partial charge in [0, 0.05) is 42.3 Å². The summed E-state index contributed by atoms with van der Waals surface area (Å²) in [6, 6.07) is 0. The first-order chi connectivity index (χ1) is 21.5. The number of nitrogens with one attached hydrogen (secondary N) is 3. The highest BCUT2D eigenvalue weighted by Crippen LogP contribution is 2.35. The van der Waals surface area contributed by atoms with Gasteiger partial charge in [0.05, 0.1) is 29.2 Å². The molecule has 0 aromatic carbocycles. The van der Waals surface area contributed by atoms with Crippen molar-refractivity contribution < 1.29 is 28.7 Å². The summed E-state index contributed by atoms with van der Waals surface area (Å²) in [6.45, 7) is 31.2. The SMILES string of the molecule is CCC(=O)[C@@](C)(S)CCCCNC(=O)CCC(C)(C)OCC(C)(C)OCCNC(=O)C(C)(C)CC(C)(C)NC(=O)C(C)(C)CC(C)(C)C.